The zero-order valence-corrected chi connectivity index (χ0v) is 18.5. The molecule has 30 heavy (non-hydrogen) atoms. The third kappa shape index (κ3) is 5.05. The van der Waals surface area contributed by atoms with Crippen LogP contribution in [-0.4, -0.2) is 40.8 Å². The number of sulfonamides is 1. The van der Waals surface area contributed by atoms with Crippen LogP contribution in [0.4, 0.5) is 5.69 Å². The zero-order chi connectivity index (χ0) is 21.9. The van der Waals surface area contributed by atoms with Crippen LogP contribution < -0.4 is 19.1 Å². The Morgan fingerprint density at radius 3 is 2.47 bits per heavy atom. The number of carbonyl (C=O) groups is 1. The predicted octanol–water partition coefficient (Wildman–Crippen LogP) is 3.05. The van der Waals surface area contributed by atoms with Crippen molar-refractivity contribution >= 4 is 21.6 Å². The van der Waals surface area contributed by atoms with Crippen LogP contribution in [0, 0.1) is 0 Å². The van der Waals surface area contributed by atoms with E-state index < -0.39 is 16.1 Å². The maximum atomic E-state index is 12.7. The van der Waals surface area contributed by atoms with Gasteiger partial charge in [0.25, 0.3) is 5.91 Å². The molecule has 0 spiro atoms. The molecular formula is C22H28N2O5S. The Hall–Kier alpha value is -2.74. The van der Waals surface area contributed by atoms with Crippen molar-refractivity contribution in [2.75, 3.05) is 24.7 Å². The van der Waals surface area contributed by atoms with Gasteiger partial charge in [0.05, 0.1) is 25.1 Å². The van der Waals surface area contributed by atoms with Gasteiger partial charge in [-0.15, -0.1) is 0 Å². The predicted molar refractivity (Wildman–Crippen MR) is 117 cm³/mol. The van der Waals surface area contributed by atoms with Crippen LogP contribution in [0.3, 0.4) is 0 Å². The third-order valence-corrected chi connectivity index (χ3v) is 6.57. The molecule has 1 N–H and O–H groups in total. The van der Waals surface area contributed by atoms with Gasteiger partial charge in [0.15, 0.2) is 6.10 Å². The van der Waals surface area contributed by atoms with E-state index in [0.717, 1.165) is 36.8 Å². The van der Waals surface area contributed by atoms with Crippen molar-refractivity contribution in [3.63, 3.8) is 0 Å². The minimum atomic E-state index is -3.33. The maximum absolute atomic E-state index is 12.7. The standard InChI is InChI=1S/C22H28N2O5S/c1-15(29-18-10-8-17(9-11-18)24(2)30(4,26)27)22(25)23-21-7-5-6-16-14-19(28-3)12-13-20(16)21/h8-15,21H,5-7H2,1-4H3,(H,23,25)/t15-,21+/m0/s1. The lowest BCUT2D eigenvalue weighted by Gasteiger charge is -2.28. The number of nitrogens with zero attached hydrogens (tertiary/aromatic N) is 1. The van der Waals surface area contributed by atoms with Gasteiger partial charge >= 0.3 is 0 Å². The molecule has 8 heteroatoms. The largest absolute Gasteiger partial charge is 0.497 e. The molecular weight excluding hydrogens is 404 g/mol. The first-order chi connectivity index (χ1) is 14.2. The molecule has 1 aliphatic carbocycles. The number of nitrogens with one attached hydrogen (secondary N) is 1. The molecule has 162 valence electrons. The average molecular weight is 433 g/mol. The molecule has 0 radical (unpaired) electrons. The summed E-state index contributed by atoms with van der Waals surface area (Å²) >= 11 is 0. The Morgan fingerprint density at radius 2 is 1.83 bits per heavy atom. The number of fused-ring (bicyclic) bond motifs is 1. The fourth-order valence-corrected chi connectivity index (χ4v) is 4.05. The SMILES string of the molecule is COc1ccc2c(c1)CCC[C@H]2NC(=O)[C@H](C)Oc1ccc(N(C)S(C)(=O)=O)cc1. The number of ether oxygens (including phenoxy) is 2. The highest BCUT2D eigenvalue weighted by molar-refractivity contribution is 7.92. The normalized spacial score (nSPS) is 16.9. The van der Waals surface area contributed by atoms with Gasteiger partial charge in [0.2, 0.25) is 10.0 Å². The van der Waals surface area contributed by atoms with E-state index in [9.17, 15) is 13.2 Å². The molecule has 2 aromatic carbocycles. The van der Waals surface area contributed by atoms with Gasteiger partial charge < -0.3 is 14.8 Å². The van der Waals surface area contributed by atoms with Crippen LogP contribution in [0.15, 0.2) is 42.5 Å². The summed E-state index contributed by atoms with van der Waals surface area (Å²) in [7, 11) is -0.198. The molecule has 0 aliphatic heterocycles. The minimum absolute atomic E-state index is 0.0519. The number of amides is 1. The van der Waals surface area contributed by atoms with E-state index in [1.165, 1.54) is 16.9 Å². The van der Waals surface area contributed by atoms with Crippen molar-refractivity contribution in [3.8, 4) is 11.5 Å². The molecule has 0 bridgehead atoms. The lowest BCUT2D eigenvalue weighted by Crippen LogP contribution is -2.39. The number of hydrogen-bond donors (Lipinski definition) is 1. The van der Waals surface area contributed by atoms with Crippen molar-refractivity contribution in [2.24, 2.45) is 0 Å². The van der Waals surface area contributed by atoms with Gasteiger partial charge in [0, 0.05) is 7.05 Å². The quantitative estimate of drug-likeness (QED) is 0.727. The van der Waals surface area contributed by atoms with Crippen LogP contribution in [0.25, 0.3) is 0 Å². The van der Waals surface area contributed by atoms with Crippen molar-refractivity contribution in [1.29, 1.82) is 0 Å². The van der Waals surface area contributed by atoms with Crippen molar-refractivity contribution in [3.05, 3.63) is 53.6 Å². The third-order valence-electron chi connectivity index (χ3n) is 5.36. The monoisotopic (exact) mass is 432 g/mol. The van der Waals surface area contributed by atoms with Gasteiger partial charge in [0.1, 0.15) is 11.5 Å². The molecule has 2 atom stereocenters. The van der Waals surface area contributed by atoms with Crippen LogP contribution in [0.5, 0.6) is 11.5 Å². The first-order valence-electron chi connectivity index (χ1n) is 9.87. The fraction of sp³-hybridized carbons (Fsp3) is 0.409. The zero-order valence-electron chi connectivity index (χ0n) is 17.7. The lowest BCUT2D eigenvalue weighted by atomic mass is 9.87. The molecule has 0 fully saturated rings. The molecule has 0 saturated carbocycles. The molecule has 0 saturated heterocycles. The number of benzene rings is 2. The summed E-state index contributed by atoms with van der Waals surface area (Å²) in [6.07, 6.45) is 3.30. The van der Waals surface area contributed by atoms with E-state index >= 15 is 0 Å². The van der Waals surface area contributed by atoms with Crippen molar-refractivity contribution in [1.82, 2.24) is 5.32 Å². The van der Waals surface area contributed by atoms with E-state index in [4.69, 9.17) is 9.47 Å². The maximum Gasteiger partial charge on any atom is 0.261 e. The molecule has 0 heterocycles. The lowest BCUT2D eigenvalue weighted by molar-refractivity contribution is -0.128. The van der Waals surface area contributed by atoms with Crippen LogP contribution in [0.2, 0.25) is 0 Å². The summed E-state index contributed by atoms with van der Waals surface area (Å²) in [5.41, 5.74) is 2.84. The summed E-state index contributed by atoms with van der Waals surface area (Å²) in [6.45, 7) is 1.70. The summed E-state index contributed by atoms with van der Waals surface area (Å²) in [5.74, 6) is 1.13. The summed E-state index contributed by atoms with van der Waals surface area (Å²) in [4.78, 5) is 12.7. The van der Waals surface area contributed by atoms with E-state index in [0.29, 0.717) is 11.4 Å². The molecule has 0 aromatic heterocycles. The van der Waals surface area contributed by atoms with Gasteiger partial charge in [-0.25, -0.2) is 8.42 Å². The molecule has 0 unspecified atom stereocenters. The highest BCUT2D eigenvalue weighted by Gasteiger charge is 2.25. The molecule has 7 nitrogen and oxygen atoms in total. The highest BCUT2D eigenvalue weighted by Crippen LogP contribution is 2.32. The van der Waals surface area contributed by atoms with Crippen LogP contribution in [0.1, 0.15) is 36.9 Å². The number of anilines is 1. The Balaban J connectivity index is 1.63. The Labute approximate surface area is 178 Å². The second-order valence-electron chi connectivity index (χ2n) is 7.50. The van der Waals surface area contributed by atoms with Gasteiger partial charge in [-0.05, 0) is 73.7 Å². The summed E-state index contributed by atoms with van der Waals surface area (Å²) < 4.78 is 35.5. The highest BCUT2D eigenvalue weighted by atomic mass is 32.2. The first-order valence-corrected chi connectivity index (χ1v) is 11.7. The first kappa shape index (κ1) is 22.0. The topological polar surface area (TPSA) is 84.9 Å². The van der Waals surface area contributed by atoms with E-state index in [1.807, 2.05) is 18.2 Å². The molecule has 2 aromatic rings. The molecule has 1 amide bonds. The van der Waals surface area contributed by atoms with Crippen molar-refractivity contribution in [2.45, 2.75) is 38.3 Å². The Bertz CT molecular complexity index is 1000. The number of carbonyl (C=O) groups excluding carboxylic acids is 1. The van der Waals surface area contributed by atoms with E-state index in [1.54, 1.807) is 38.3 Å². The van der Waals surface area contributed by atoms with Crippen molar-refractivity contribution < 1.29 is 22.7 Å². The Kier molecular flexibility index (Phi) is 6.55. The van der Waals surface area contributed by atoms with Gasteiger partial charge in [-0.1, -0.05) is 6.07 Å². The number of methoxy groups -OCH3 is 1. The van der Waals surface area contributed by atoms with Gasteiger partial charge in [-0.2, -0.15) is 0 Å². The van der Waals surface area contributed by atoms with Crippen LogP contribution >= 0.6 is 0 Å². The van der Waals surface area contributed by atoms with E-state index in [2.05, 4.69) is 5.32 Å². The van der Waals surface area contributed by atoms with Gasteiger partial charge in [-0.3, -0.25) is 9.10 Å². The number of aryl methyl sites for hydroxylation is 1. The Morgan fingerprint density at radius 1 is 1.17 bits per heavy atom. The number of rotatable bonds is 7. The van der Waals surface area contributed by atoms with Crippen LogP contribution in [-0.2, 0) is 21.2 Å². The number of hydrogen-bond acceptors (Lipinski definition) is 5. The van der Waals surface area contributed by atoms with E-state index in [-0.39, 0.29) is 11.9 Å². The molecule has 3 rings (SSSR count). The average Bonchev–Trinajstić information content (AvgIpc) is 2.72. The second kappa shape index (κ2) is 8.95. The smallest absolute Gasteiger partial charge is 0.261 e. The summed E-state index contributed by atoms with van der Waals surface area (Å²) in [6, 6.07) is 12.5. The fourth-order valence-electron chi connectivity index (χ4n) is 3.54. The summed E-state index contributed by atoms with van der Waals surface area (Å²) in [5, 5.41) is 3.09. The minimum Gasteiger partial charge on any atom is -0.497 e. The molecule has 1 aliphatic rings. The second-order valence-corrected chi connectivity index (χ2v) is 9.52.